The van der Waals surface area contributed by atoms with Crippen molar-refractivity contribution in [2.75, 3.05) is 11.9 Å². The minimum Gasteiger partial charge on any atom is -0.351 e. The van der Waals surface area contributed by atoms with E-state index in [0.717, 1.165) is 29.7 Å². The third-order valence-electron chi connectivity index (χ3n) is 5.59. The molecule has 2 nitrogen and oxygen atoms in total. The second-order valence-corrected chi connectivity index (χ2v) is 8.59. The van der Waals surface area contributed by atoms with Crippen LogP contribution >= 0.6 is 0 Å². The second-order valence-electron chi connectivity index (χ2n) is 8.59. The zero-order valence-electron chi connectivity index (χ0n) is 16.5. The normalized spacial score (nSPS) is 22.0. The summed E-state index contributed by atoms with van der Waals surface area (Å²) in [6.07, 6.45) is 3.70. The maximum Gasteiger partial charge on any atom is 0.170 e. The molecule has 1 unspecified atom stereocenters. The van der Waals surface area contributed by atoms with E-state index in [1.165, 1.54) is 5.56 Å². The molecular weight excluding hydrogens is 318 g/mol. The smallest absolute Gasteiger partial charge is 0.170 e. The van der Waals surface area contributed by atoms with Crippen molar-refractivity contribution >= 4 is 11.5 Å². The van der Waals surface area contributed by atoms with Gasteiger partial charge in [-0.3, -0.25) is 4.79 Å². The number of Topliss-reactive ketones (excluding diaryl/α,β-unsaturated/α-hetero) is 1. The van der Waals surface area contributed by atoms with Gasteiger partial charge in [0, 0.05) is 24.5 Å². The lowest BCUT2D eigenvalue weighted by Gasteiger charge is -2.25. The highest BCUT2D eigenvalue weighted by Gasteiger charge is 2.42. The van der Waals surface area contributed by atoms with Gasteiger partial charge in [0.2, 0.25) is 0 Å². The van der Waals surface area contributed by atoms with Crippen LogP contribution < -0.4 is 4.90 Å². The maximum absolute atomic E-state index is 13.2. The predicted octanol–water partition coefficient (Wildman–Crippen LogP) is 5.63. The summed E-state index contributed by atoms with van der Waals surface area (Å²) in [6, 6.07) is 18.8. The van der Waals surface area contributed by atoms with Crippen LogP contribution in [0.2, 0.25) is 0 Å². The van der Waals surface area contributed by atoms with Crippen LogP contribution in [0.3, 0.4) is 0 Å². The third kappa shape index (κ3) is 3.46. The van der Waals surface area contributed by atoms with E-state index in [4.69, 9.17) is 0 Å². The standard InChI is InChI=1S/C24H29NO/c1-23(2,3)19-11-13-20(14-12-19)24(4)16-15-18(22(24)26)17-25(5)21-9-7-6-8-10-21/h6-14,17H,15-16H2,1-5H3. The minimum atomic E-state index is -0.417. The Hall–Kier alpha value is -2.35. The highest BCUT2D eigenvalue weighted by atomic mass is 16.1. The van der Waals surface area contributed by atoms with Crippen LogP contribution in [0.15, 0.2) is 66.4 Å². The van der Waals surface area contributed by atoms with Crippen molar-refractivity contribution in [1.29, 1.82) is 0 Å². The summed E-state index contributed by atoms with van der Waals surface area (Å²) < 4.78 is 0. The first-order chi connectivity index (χ1) is 12.2. The monoisotopic (exact) mass is 347 g/mol. The summed E-state index contributed by atoms with van der Waals surface area (Å²) in [7, 11) is 2.00. The fourth-order valence-electron chi connectivity index (χ4n) is 3.67. The largest absolute Gasteiger partial charge is 0.351 e. The van der Waals surface area contributed by atoms with Crippen LogP contribution in [-0.4, -0.2) is 12.8 Å². The first-order valence-electron chi connectivity index (χ1n) is 9.36. The molecule has 136 valence electrons. The fraction of sp³-hybridized carbons (Fsp3) is 0.375. The number of rotatable bonds is 3. The van der Waals surface area contributed by atoms with Crippen LogP contribution in [0, 0.1) is 0 Å². The molecule has 0 aromatic heterocycles. The van der Waals surface area contributed by atoms with Gasteiger partial charge in [-0.05, 0) is 48.4 Å². The highest BCUT2D eigenvalue weighted by molar-refractivity contribution is 6.05. The van der Waals surface area contributed by atoms with Crippen molar-refractivity contribution in [2.24, 2.45) is 0 Å². The molecule has 2 aromatic carbocycles. The van der Waals surface area contributed by atoms with Crippen molar-refractivity contribution in [3.63, 3.8) is 0 Å². The van der Waals surface area contributed by atoms with Crippen molar-refractivity contribution in [3.8, 4) is 0 Å². The van der Waals surface area contributed by atoms with Gasteiger partial charge < -0.3 is 4.90 Å². The minimum absolute atomic E-state index is 0.128. The molecule has 0 spiro atoms. The number of anilines is 1. The summed E-state index contributed by atoms with van der Waals surface area (Å²) in [5.41, 5.74) is 4.15. The Balaban J connectivity index is 1.84. The Kier molecular flexibility index (Phi) is 4.79. The Morgan fingerprint density at radius 2 is 1.62 bits per heavy atom. The molecule has 1 atom stereocenters. The van der Waals surface area contributed by atoms with E-state index in [0.29, 0.717) is 0 Å². The average molecular weight is 348 g/mol. The summed E-state index contributed by atoms with van der Waals surface area (Å²) >= 11 is 0. The first kappa shape index (κ1) is 18.4. The second kappa shape index (κ2) is 6.75. The lowest BCUT2D eigenvalue weighted by Crippen LogP contribution is -2.28. The van der Waals surface area contributed by atoms with Crippen molar-refractivity contribution < 1.29 is 4.79 Å². The number of hydrogen-bond donors (Lipinski definition) is 0. The van der Waals surface area contributed by atoms with Crippen LogP contribution in [0.5, 0.6) is 0 Å². The molecule has 26 heavy (non-hydrogen) atoms. The summed E-state index contributed by atoms with van der Waals surface area (Å²) in [5, 5.41) is 0. The molecule has 0 radical (unpaired) electrons. The van der Waals surface area contributed by atoms with E-state index >= 15 is 0 Å². The molecule has 0 heterocycles. The zero-order chi connectivity index (χ0) is 18.9. The van der Waals surface area contributed by atoms with Crippen LogP contribution in [0.1, 0.15) is 51.7 Å². The molecule has 3 rings (SSSR count). The van der Waals surface area contributed by atoms with E-state index in [1.807, 2.05) is 36.3 Å². The average Bonchev–Trinajstić information content (AvgIpc) is 2.91. The Bertz CT molecular complexity index is 812. The van der Waals surface area contributed by atoms with Gasteiger partial charge in [0.25, 0.3) is 0 Å². The number of carbonyl (C=O) groups is 1. The third-order valence-corrected chi connectivity index (χ3v) is 5.59. The molecule has 1 saturated carbocycles. The predicted molar refractivity (Wildman–Crippen MR) is 110 cm³/mol. The Morgan fingerprint density at radius 1 is 1.00 bits per heavy atom. The van der Waals surface area contributed by atoms with Gasteiger partial charge in [0.1, 0.15) is 0 Å². The van der Waals surface area contributed by atoms with Gasteiger partial charge in [-0.25, -0.2) is 0 Å². The molecule has 0 N–H and O–H groups in total. The van der Waals surface area contributed by atoms with Crippen molar-refractivity contribution in [1.82, 2.24) is 0 Å². The van der Waals surface area contributed by atoms with Gasteiger partial charge in [0.05, 0.1) is 5.41 Å². The molecule has 0 aliphatic heterocycles. The highest BCUT2D eigenvalue weighted by Crippen LogP contribution is 2.41. The number of carbonyl (C=O) groups excluding carboxylic acids is 1. The Labute approximate surface area is 157 Å². The molecule has 0 amide bonds. The molecule has 2 aromatic rings. The number of ketones is 1. The van der Waals surface area contributed by atoms with E-state index in [2.05, 4.69) is 64.1 Å². The number of hydrogen-bond acceptors (Lipinski definition) is 2. The lowest BCUT2D eigenvalue weighted by atomic mass is 9.78. The lowest BCUT2D eigenvalue weighted by molar-refractivity contribution is -0.118. The first-order valence-corrected chi connectivity index (χ1v) is 9.36. The van der Waals surface area contributed by atoms with E-state index < -0.39 is 5.41 Å². The van der Waals surface area contributed by atoms with Crippen molar-refractivity contribution in [2.45, 2.75) is 51.4 Å². The van der Waals surface area contributed by atoms with Gasteiger partial charge in [-0.2, -0.15) is 0 Å². The summed E-state index contributed by atoms with van der Waals surface area (Å²) in [4.78, 5) is 15.2. The van der Waals surface area contributed by atoms with Crippen molar-refractivity contribution in [3.05, 3.63) is 77.5 Å². The molecule has 1 aliphatic carbocycles. The van der Waals surface area contributed by atoms with Crippen LogP contribution in [0.25, 0.3) is 0 Å². The zero-order valence-corrected chi connectivity index (χ0v) is 16.5. The maximum atomic E-state index is 13.2. The summed E-state index contributed by atoms with van der Waals surface area (Å²) in [6.45, 7) is 8.73. The number of nitrogens with zero attached hydrogens (tertiary/aromatic N) is 1. The number of allylic oxidation sites excluding steroid dienone is 1. The van der Waals surface area contributed by atoms with Gasteiger partial charge in [-0.1, -0.05) is 63.2 Å². The molecule has 1 aliphatic rings. The van der Waals surface area contributed by atoms with E-state index in [-0.39, 0.29) is 11.2 Å². The van der Waals surface area contributed by atoms with E-state index in [1.54, 1.807) is 0 Å². The van der Waals surface area contributed by atoms with Gasteiger partial charge in [-0.15, -0.1) is 0 Å². The quantitative estimate of drug-likeness (QED) is 0.671. The van der Waals surface area contributed by atoms with E-state index in [9.17, 15) is 4.79 Å². The fourth-order valence-corrected chi connectivity index (χ4v) is 3.67. The van der Waals surface area contributed by atoms with Gasteiger partial charge >= 0.3 is 0 Å². The molecule has 1 fully saturated rings. The van der Waals surface area contributed by atoms with Gasteiger partial charge in [0.15, 0.2) is 5.78 Å². The summed E-state index contributed by atoms with van der Waals surface area (Å²) in [5.74, 6) is 0.254. The topological polar surface area (TPSA) is 20.3 Å². The number of benzene rings is 2. The van der Waals surface area contributed by atoms with Crippen LogP contribution in [0.4, 0.5) is 5.69 Å². The molecule has 0 bridgehead atoms. The molecule has 0 saturated heterocycles. The molecular formula is C24H29NO. The van der Waals surface area contributed by atoms with Crippen LogP contribution in [-0.2, 0) is 15.6 Å². The SMILES string of the molecule is CN(C=C1CCC(C)(c2ccc(C(C)(C)C)cc2)C1=O)c1ccccc1. The number of para-hydroxylation sites is 1. The Morgan fingerprint density at radius 3 is 2.19 bits per heavy atom. The molecule has 2 heteroatoms.